The molecule has 3 heteroatoms. The quantitative estimate of drug-likeness (QED) is 0.788. The number of hydrogen-bond acceptors (Lipinski definition) is 2. The summed E-state index contributed by atoms with van der Waals surface area (Å²) in [6.45, 7) is 0. The summed E-state index contributed by atoms with van der Waals surface area (Å²) in [6, 6.07) is 11.7. The Morgan fingerprint density at radius 2 is 1.93 bits per heavy atom. The molecule has 2 rings (SSSR count). The average molecular weight is 262 g/mol. The van der Waals surface area contributed by atoms with Crippen LogP contribution >= 0.6 is 15.9 Å². The zero-order chi connectivity index (χ0) is 10.8. The largest absolute Gasteiger partial charge is 0.495 e. The van der Waals surface area contributed by atoms with E-state index in [1.54, 1.807) is 13.2 Å². The average Bonchev–Trinajstić information content (AvgIpc) is 2.28. The highest BCUT2D eigenvalue weighted by Crippen LogP contribution is 2.35. The van der Waals surface area contributed by atoms with E-state index in [9.17, 15) is 0 Å². The highest BCUT2D eigenvalue weighted by Gasteiger charge is 2.09. The van der Waals surface area contributed by atoms with E-state index in [4.69, 9.17) is 10.00 Å². The molecule has 0 atom stereocenters. The third-order valence-electron chi connectivity index (χ3n) is 2.27. The zero-order valence-corrected chi connectivity index (χ0v) is 9.71. The Bertz CT molecular complexity index is 557. The smallest absolute Gasteiger partial charge is 0.140 e. The third-order valence-corrected chi connectivity index (χ3v) is 2.86. The molecule has 0 unspecified atom stereocenters. The predicted octanol–water partition coefficient (Wildman–Crippen LogP) is 3.48. The molecule has 74 valence electrons. The Balaban J connectivity index is 2.94. The zero-order valence-electron chi connectivity index (χ0n) is 8.12. The maximum atomic E-state index is 9.01. The number of ether oxygens (including phenoxy) is 1. The van der Waals surface area contributed by atoms with Crippen LogP contribution in [-0.4, -0.2) is 7.11 Å². The molecule has 0 saturated heterocycles. The number of benzene rings is 2. The van der Waals surface area contributed by atoms with Crippen LogP contribution in [-0.2, 0) is 0 Å². The summed E-state index contributed by atoms with van der Waals surface area (Å²) in [6.07, 6.45) is 0. The van der Waals surface area contributed by atoms with Crippen molar-refractivity contribution in [3.8, 4) is 11.8 Å². The molecule has 2 nitrogen and oxygen atoms in total. The predicted molar refractivity (Wildman–Crippen MR) is 62.9 cm³/mol. The number of rotatable bonds is 1. The lowest BCUT2D eigenvalue weighted by Crippen LogP contribution is -1.89. The van der Waals surface area contributed by atoms with Crippen LogP contribution in [0.25, 0.3) is 10.8 Å². The van der Waals surface area contributed by atoms with Crippen molar-refractivity contribution in [2.75, 3.05) is 7.11 Å². The van der Waals surface area contributed by atoms with Gasteiger partial charge in [0.2, 0.25) is 0 Å². The first-order valence-corrected chi connectivity index (χ1v) is 5.22. The summed E-state index contributed by atoms with van der Waals surface area (Å²) in [5, 5.41) is 10.9. The van der Waals surface area contributed by atoms with Crippen molar-refractivity contribution in [3.05, 3.63) is 40.4 Å². The van der Waals surface area contributed by atoms with E-state index in [0.29, 0.717) is 5.56 Å². The van der Waals surface area contributed by atoms with Crippen molar-refractivity contribution in [2.24, 2.45) is 0 Å². The standard InChI is InChI=1S/C12H8BrNO/c1-15-12-10-5-3-2-4-9(10)8(7-14)6-11(12)13/h2-6H,1H3. The van der Waals surface area contributed by atoms with Crippen LogP contribution in [0, 0.1) is 11.3 Å². The van der Waals surface area contributed by atoms with Gasteiger partial charge in [-0.05, 0) is 22.0 Å². The molecule has 0 spiro atoms. The van der Waals surface area contributed by atoms with E-state index in [1.807, 2.05) is 24.3 Å². The van der Waals surface area contributed by atoms with E-state index in [0.717, 1.165) is 21.0 Å². The van der Waals surface area contributed by atoms with Gasteiger partial charge in [0, 0.05) is 10.8 Å². The van der Waals surface area contributed by atoms with Crippen molar-refractivity contribution < 1.29 is 4.74 Å². The molecule has 0 aliphatic heterocycles. The molecular weight excluding hydrogens is 254 g/mol. The number of halogens is 1. The maximum Gasteiger partial charge on any atom is 0.140 e. The summed E-state index contributed by atoms with van der Waals surface area (Å²) >= 11 is 3.39. The number of nitriles is 1. The highest BCUT2D eigenvalue weighted by atomic mass is 79.9. The minimum Gasteiger partial charge on any atom is -0.495 e. The van der Waals surface area contributed by atoms with Crippen LogP contribution in [0.1, 0.15) is 5.56 Å². The van der Waals surface area contributed by atoms with Gasteiger partial charge in [0.25, 0.3) is 0 Å². The second kappa shape index (κ2) is 3.92. The number of fused-ring (bicyclic) bond motifs is 1. The second-order valence-electron chi connectivity index (χ2n) is 3.10. The molecule has 0 saturated carbocycles. The lowest BCUT2D eigenvalue weighted by molar-refractivity contribution is 0.417. The molecule has 2 aromatic carbocycles. The van der Waals surface area contributed by atoms with Gasteiger partial charge in [-0.1, -0.05) is 24.3 Å². The summed E-state index contributed by atoms with van der Waals surface area (Å²) in [7, 11) is 1.62. The first-order chi connectivity index (χ1) is 7.27. The van der Waals surface area contributed by atoms with Gasteiger partial charge in [0.15, 0.2) is 0 Å². The van der Waals surface area contributed by atoms with E-state index < -0.39 is 0 Å². The van der Waals surface area contributed by atoms with Crippen LogP contribution in [0.15, 0.2) is 34.8 Å². The van der Waals surface area contributed by atoms with Gasteiger partial charge >= 0.3 is 0 Å². The van der Waals surface area contributed by atoms with Gasteiger partial charge in [-0.3, -0.25) is 0 Å². The van der Waals surface area contributed by atoms with Gasteiger partial charge in [-0.25, -0.2) is 0 Å². The van der Waals surface area contributed by atoms with Gasteiger partial charge < -0.3 is 4.74 Å². The molecule has 0 aliphatic carbocycles. The van der Waals surface area contributed by atoms with Crippen LogP contribution in [0.3, 0.4) is 0 Å². The van der Waals surface area contributed by atoms with Gasteiger partial charge in [0.1, 0.15) is 5.75 Å². The molecule has 0 bridgehead atoms. The van der Waals surface area contributed by atoms with Crippen molar-refractivity contribution in [1.82, 2.24) is 0 Å². The molecule has 2 aromatic rings. The van der Waals surface area contributed by atoms with Gasteiger partial charge in [-0.2, -0.15) is 5.26 Å². The van der Waals surface area contributed by atoms with E-state index in [-0.39, 0.29) is 0 Å². The Kier molecular flexibility index (Phi) is 2.61. The minimum absolute atomic E-state index is 0.651. The van der Waals surface area contributed by atoms with Crippen molar-refractivity contribution in [3.63, 3.8) is 0 Å². The summed E-state index contributed by atoms with van der Waals surface area (Å²) in [4.78, 5) is 0. The molecule has 0 fully saturated rings. The molecule has 0 aliphatic rings. The summed E-state index contributed by atoms with van der Waals surface area (Å²) in [5.41, 5.74) is 0.651. The fourth-order valence-electron chi connectivity index (χ4n) is 1.61. The molecule has 0 N–H and O–H groups in total. The molecule has 0 heterocycles. The number of nitrogens with zero attached hydrogens (tertiary/aromatic N) is 1. The summed E-state index contributed by atoms with van der Waals surface area (Å²) < 4.78 is 6.11. The van der Waals surface area contributed by atoms with Crippen LogP contribution in [0.4, 0.5) is 0 Å². The Morgan fingerprint density at radius 3 is 2.53 bits per heavy atom. The van der Waals surface area contributed by atoms with Crippen molar-refractivity contribution >= 4 is 26.7 Å². The van der Waals surface area contributed by atoms with Crippen molar-refractivity contribution in [1.29, 1.82) is 5.26 Å². The van der Waals surface area contributed by atoms with Gasteiger partial charge in [-0.15, -0.1) is 0 Å². The van der Waals surface area contributed by atoms with Gasteiger partial charge in [0.05, 0.1) is 23.2 Å². The normalized spacial score (nSPS) is 9.93. The third kappa shape index (κ3) is 1.57. The lowest BCUT2D eigenvalue weighted by Gasteiger charge is -2.08. The molecular formula is C12H8BrNO. The Morgan fingerprint density at radius 1 is 1.27 bits per heavy atom. The molecule has 0 aromatic heterocycles. The first kappa shape index (κ1) is 10.0. The second-order valence-corrected chi connectivity index (χ2v) is 3.95. The van der Waals surface area contributed by atoms with Crippen molar-refractivity contribution in [2.45, 2.75) is 0 Å². The van der Waals surface area contributed by atoms with Crippen LogP contribution < -0.4 is 4.74 Å². The lowest BCUT2D eigenvalue weighted by atomic mass is 10.0. The molecule has 0 amide bonds. The SMILES string of the molecule is COc1c(Br)cc(C#N)c2ccccc12. The van der Waals surface area contributed by atoms with Crippen LogP contribution in [0.2, 0.25) is 0 Å². The van der Waals surface area contributed by atoms with E-state index in [1.165, 1.54) is 0 Å². The fraction of sp³-hybridized carbons (Fsp3) is 0.0833. The molecule has 15 heavy (non-hydrogen) atoms. The fourth-order valence-corrected chi connectivity index (χ4v) is 2.22. The van der Waals surface area contributed by atoms with E-state index >= 15 is 0 Å². The Labute approximate surface area is 96.2 Å². The Hall–Kier alpha value is -1.53. The van der Waals surface area contributed by atoms with E-state index in [2.05, 4.69) is 22.0 Å². The monoisotopic (exact) mass is 261 g/mol. The summed E-state index contributed by atoms with van der Waals surface area (Å²) in [5.74, 6) is 0.768. The number of methoxy groups -OCH3 is 1. The molecule has 0 radical (unpaired) electrons. The maximum absolute atomic E-state index is 9.01. The topological polar surface area (TPSA) is 33.0 Å². The number of hydrogen-bond donors (Lipinski definition) is 0. The minimum atomic E-state index is 0.651. The highest BCUT2D eigenvalue weighted by molar-refractivity contribution is 9.10. The first-order valence-electron chi connectivity index (χ1n) is 4.43. The van der Waals surface area contributed by atoms with Crippen LogP contribution in [0.5, 0.6) is 5.75 Å².